The van der Waals surface area contributed by atoms with Gasteiger partial charge in [0.15, 0.2) is 0 Å². The molecule has 0 saturated carbocycles. The molecule has 0 fully saturated rings. The Morgan fingerprint density at radius 1 is 1.32 bits per heavy atom. The molecule has 0 heterocycles. The maximum absolute atomic E-state index is 11.8. The lowest BCUT2D eigenvalue weighted by molar-refractivity contribution is 0.0506. The second kappa shape index (κ2) is 7.26. The van der Waals surface area contributed by atoms with Gasteiger partial charge in [-0.25, -0.2) is 9.59 Å². The minimum atomic E-state index is -0.575. The first-order valence-corrected chi connectivity index (χ1v) is 6.99. The molecule has 0 aliphatic rings. The lowest BCUT2D eigenvalue weighted by Crippen LogP contribution is -2.34. The van der Waals surface area contributed by atoms with Crippen LogP contribution in [0.5, 0.6) is 0 Å². The maximum Gasteiger partial charge on any atom is 0.408 e. The number of nitrogens with one attached hydrogen (secondary N) is 1. The Labute approximate surface area is 130 Å². The zero-order valence-corrected chi connectivity index (χ0v) is 13.6. The lowest BCUT2D eigenvalue weighted by atomic mass is 10.0. The SMILES string of the molecule is COC(=O)c1ccc([C@@H](C)NC(=O)OC(C)(C)C)cc1CO. The summed E-state index contributed by atoms with van der Waals surface area (Å²) in [4.78, 5) is 23.3. The average Bonchev–Trinajstić information content (AvgIpc) is 2.43. The van der Waals surface area contributed by atoms with Gasteiger partial charge in [-0.15, -0.1) is 0 Å². The summed E-state index contributed by atoms with van der Waals surface area (Å²) in [7, 11) is 1.28. The largest absolute Gasteiger partial charge is 0.465 e. The van der Waals surface area contributed by atoms with E-state index in [4.69, 9.17) is 4.74 Å². The molecular formula is C16H23NO5. The van der Waals surface area contributed by atoms with E-state index in [-0.39, 0.29) is 12.6 Å². The summed E-state index contributed by atoms with van der Waals surface area (Å²) in [6.45, 7) is 6.85. The normalized spacial score (nSPS) is 12.5. The predicted octanol–water partition coefficient (Wildman–Crippen LogP) is 2.55. The predicted molar refractivity (Wildman–Crippen MR) is 81.5 cm³/mol. The molecule has 0 aliphatic heterocycles. The van der Waals surface area contributed by atoms with Gasteiger partial charge < -0.3 is 19.9 Å². The molecule has 0 spiro atoms. The minimum Gasteiger partial charge on any atom is -0.465 e. The van der Waals surface area contributed by atoms with Crippen LogP contribution in [0.3, 0.4) is 0 Å². The number of aliphatic hydroxyl groups is 1. The van der Waals surface area contributed by atoms with Crippen molar-refractivity contribution in [2.75, 3.05) is 7.11 Å². The number of hydrogen-bond donors (Lipinski definition) is 2. The summed E-state index contributed by atoms with van der Waals surface area (Å²) in [5.74, 6) is -0.511. The van der Waals surface area contributed by atoms with Gasteiger partial charge in [-0.2, -0.15) is 0 Å². The van der Waals surface area contributed by atoms with E-state index < -0.39 is 17.7 Å². The zero-order valence-electron chi connectivity index (χ0n) is 13.6. The Hall–Kier alpha value is -2.08. The molecule has 2 N–H and O–H groups in total. The third-order valence-corrected chi connectivity index (χ3v) is 2.94. The standard InChI is InChI=1S/C16H23NO5/c1-10(17-15(20)22-16(2,3)4)11-6-7-13(14(19)21-5)12(8-11)9-18/h6-8,10,18H,9H2,1-5H3,(H,17,20)/t10-/m1/s1. The van der Waals surface area contributed by atoms with Gasteiger partial charge in [0, 0.05) is 0 Å². The van der Waals surface area contributed by atoms with Crippen LogP contribution in [0.25, 0.3) is 0 Å². The monoisotopic (exact) mass is 309 g/mol. The van der Waals surface area contributed by atoms with Crippen molar-refractivity contribution < 1.29 is 24.2 Å². The molecule has 0 bridgehead atoms. The van der Waals surface area contributed by atoms with E-state index >= 15 is 0 Å². The number of carbonyl (C=O) groups is 2. The first-order valence-electron chi connectivity index (χ1n) is 6.99. The molecule has 22 heavy (non-hydrogen) atoms. The van der Waals surface area contributed by atoms with Crippen molar-refractivity contribution in [1.82, 2.24) is 5.32 Å². The molecule has 0 saturated heterocycles. The highest BCUT2D eigenvalue weighted by Gasteiger charge is 2.19. The summed E-state index contributed by atoms with van der Waals surface area (Å²) in [6, 6.07) is 4.61. The number of methoxy groups -OCH3 is 1. The maximum atomic E-state index is 11.8. The second-order valence-electron chi connectivity index (χ2n) is 5.93. The van der Waals surface area contributed by atoms with Crippen molar-refractivity contribution in [2.45, 2.75) is 45.9 Å². The van der Waals surface area contributed by atoms with E-state index in [0.29, 0.717) is 11.1 Å². The van der Waals surface area contributed by atoms with Crippen molar-refractivity contribution in [2.24, 2.45) is 0 Å². The van der Waals surface area contributed by atoms with Crippen molar-refractivity contribution >= 4 is 12.1 Å². The van der Waals surface area contributed by atoms with Crippen LogP contribution in [-0.2, 0) is 16.1 Å². The molecule has 122 valence electrons. The Bertz CT molecular complexity index is 548. The number of aliphatic hydroxyl groups excluding tert-OH is 1. The number of ether oxygens (including phenoxy) is 2. The van der Waals surface area contributed by atoms with Crippen molar-refractivity contribution in [3.63, 3.8) is 0 Å². The highest BCUT2D eigenvalue weighted by molar-refractivity contribution is 5.91. The summed E-state index contributed by atoms with van der Waals surface area (Å²) >= 11 is 0. The van der Waals surface area contributed by atoms with Gasteiger partial charge in [0.2, 0.25) is 0 Å². The fourth-order valence-electron chi connectivity index (χ4n) is 1.89. The molecule has 6 nitrogen and oxygen atoms in total. The van der Waals surface area contributed by atoms with Gasteiger partial charge in [0.25, 0.3) is 0 Å². The van der Waals surface area contributed by atoms with Crippen LogP contribution in [0.15, 0.2) is 18.2 Å². The smallest absolute Gasteiger partial charge is 0.408 e. The fourth-order valence-corrected chi connectivity index (χ4v) is 1.89. The summed E-state index contributed by atoms with van der Waals surface area (Å²) < 4.78 is 9.85. The van der Waals surface area contributed by atoms with Crippen LogP contribution in [0.1, 0.15) is 55.2 Å². The summed E-state index contributed by atoms with van der Waals surface area (Å²) in [5, 5.41) is 12.1. The van der Waals surface area contributed by atoms with Crippen LogP contribution < -0.4 is 5.32 Å². The first kappa shape index (κ1) is 18.0. The van der Waals surface area contributed by atoms with Crippen LogP contribution >= 0.6 is 0 Å². The average molecular weight is 309 g/mol. The number of alkyl carbamates (subject to hydrolysis) is 1. The Balaban J connectivity index is 2.88. The van der Waals surface area contributed by atoms with E-state index in [0.717, 1.165) is 5.56 Å². The zero-order chi connectivity index (χ0) is 16.9. The topological polar surface area (TPSA) is 84.9 Å². The third-order valence-electron chi connectivity index (χ3n) is 2.94. The van der Waals surface area contributed by atoms with Gasteiger partial charge in [-0.05, 0) is 44.9 Å². The quantitative estimate of drug-likeness (QED) is 0.835. The summed E-state index contributed by atoms with van der Waals surface area (Å²) in [5.41, 5.74) is 0.928. The number of esters is 1. The molecule has 0 unspecified atom stereocenters. The Morgan fingerprint density at radius 3 is 2.45 bits per heavy atom. The fraction of sp³-hybridized carbons (Fsp3) is 0.500. The number of carbonyl (C=O) groups excluding carboxylic acids is 2. The van der Waals surface area contributed by atoms with Gasteiger partial charge in [-0.1, -0.05) is 12.1 Å². The van der Waals surface area contributed by atoms with E-state index in [1.54, 1.807) is 45.9 Å². The second-order valence-corrected chi connectivity index (χ2v) is 5.93. The van der Waals surface area contributed by atoms with Crippen LogP contribution in [0.2, 0.25) is 0 Å². The molecule has 0 radical (unpaired) electrons. The molecule has 1 rings (SSSR count). The van der Waals surface area contributed by atoms with Gasteiger partial charge in [-0.3, -0.25) is 0 Å². The van der Waals surface area contributed by atoms with E-state index in [2.05, 4.69) is 10.1 Å². The molecule has 0 aliphatic carbocycles. The van der Waals surface area contributed by atoms with Crippen molar-refractivity contribution in [3.05, 3.63) is 34.9 Å². The van der Waals surface area contributed by atoms with E-state index in [1.165, 1.54) is 7.11 Å². The lowest BCUT2D eigenvalue weighted by Gasteiger charge is -2.22. The van der Waals surface area contributed by atoms with Gasteiger partial charge in [0.1, 0.15) is 5.60 Å². The van der Waals surface area contributed by atoms with E-state index in [1.807, 2.05) is 0 Å². The van der Waals surface area contributed by atoms with Crippen LogP contribution in [-0.4, -0.2) is 29.9 Å². The Kier molecular flexibility index (Phi) is 5.93. The highest BCUT2D eigenvalue weighted by atomic mass is 16.6. The van der Waals surface area contributed by atoms with Crippen LogP contribution in [0, 0.1) is 0 Å². The number of benzene rings is 1. The number of hydrogen-bond acceptors (Lipinski definition) is 5. The number of rotatable bonds is 4. The molecule has 1 aromatic carbocycles. The minimum absolute atomic E-state index is 0.294. The Morgan fingerprint density at radius 2 is 1.95 bits per heavy atom. The molecule has 1 atom stereocenters. The third kappa shape index (κ3) is 5.04. The van der Waals surface area contributed by atoms with Crippen molar-refractivity contribution in [1.29, 1.82) is 0 Å². The van der Waals surface area contributed by atoms with E-state index in [9.17, 15) is 14.7 Å². The van der Waals surface area contributed by atoms with Gasteiger partial charge >= 0.3 is 12.1 Å². The molecule has 0 aromatic heterocycles. The highest BCUT2D eigenvalue weighted by Crippen LogP contribution is 2.19. The molecule has 1 aromatic rings. The molecule has 1 amide bonds. The molecular weight excluding hydrogens is 286 g/mol. The van der Waals surface area contributed by atoms with Crippen LogP contribution in [0.4, 0.5) is 4.79 Å². The number of amides is 1. The first-order chi connectivity index (χ1) is 10.2. The van der Waals surface area contributed by atoms with Crippen molar-refractivity contribution in [3.8, 4) is 0 Å². The summed E-state index contributed by atoms with van der Waals surface area (Å²) in [6.07, 6.45) is -0.525. The molecule has 6 heteroatoms. The van der Waals surface area contributed by atoms with Gasteiger partial charge in [0.05, 0.1) is 25.3 Å².